The van der Waals surface area contributed by atoms with E-state index in [2.05, 4.69) is 0 Å². The molecule has 6 nitrogen and oxygen atoms in total. The third-order valence-corrected chi connectivity index (χ3v) is 4.12. The zero-order valence-electron chi connectivity index (χ0n) is 13.3. The number of carboxylic acid groups (broad SMARTS) is 1. The molecular formula is C16H21FN2O4. The maximum Gasteiger partial charge on any atom is 0.306 e. The predicted molar refractivity (Wildman–Crippen MR) is 83.2 cm³/mol. The number of hydrogen-bond acceptors (Lipinski definition) is 4. The minimum absolute atomic E-state index is 0.0808. The van der Waals surface area contributed by atoms with Crippen LogP contribution in [0.25, 0.3) is 0 Å². The van der Waals surface area contributed by atoms with Crippen molar-refractivity contribution in [1.82, 2.24) is 4.90 Å². The van der Waals surface area contributed by atoms with Crippen molar-refractivity contribution in [3.63, 3.8) is 0 Å². The van der Waals surface area contributed by atoms with Crippen molar-refractivity contribution in [2.45, 2.75) is 12.8 Å². The first-order valence-electron chi connectivity index (χ1n) is 7.47. The van der Waals surface area contributed by atoms with Crippen LogP contribution in [-0.4, -0.2) is 55.7 Å². The van der Waals surface area contributed by atoms with E-state index < -0.39 is 11.8 Å². The van der Waals surface area contributed by atoms with Gasteiger partial charge in [-0.2, -0.15) is 0 Å². The van der Waals surface area contributed by atoms with Crippen LogP contribution in [0, 0.1) is 11.7 Å². The van der Waals surface area contributed by atoms with Gasteiger partial charge in [0.2, 0.25) is 5.91 Å². The van der Waals surface area contributed by atoms with Crippen LogP contribution in [-0.2, 0) is 9.59 Å². The summed E-state index contributed by atoms with van der Waals surface area (Å²) < 4.78 is 18.4. The molecule has 0 spiro atoms. The first-order valence-corrected chi connectivity index (χ1v) is 7.47. The molecule has 0 bridgehead atoms. The predicted octanol–water partition coefficient (Wildman–Crippen LogP) is 1.59. The van der Waals surface area contributed by atoms with Gasteiger partial charge in [0.15, 0.2) is 0 Å². The van der Waals surface area contributed by atoms with Gasteiger partial charge in [-0.05, 0) is 25.0 Å². The van der Waals surface area contributed by atoms with Gasteiger partial charge in [-0.25, -0.2) is 4.39 Å². The number of benzene rings is 1. The number of ether oxygens (including phenoxy) is 1. The van der Waals surface area contributed by atoms with Crippen molar-refractivity contribution in [2.75, 3.05) is 38.7 Å². The summed E-state index contributed by atoms with van der Waals surface area (Å²) in [4.78, 5) is 26.7. The largest absolute Gasteiger partial charge is 0.494 e. The van der Waals surface area contributed by atoms with Gasteiger partial charge in [0.05, 0.1) is 25.3 Å². The Morgan fingerprint density at radius 2 is 2.04 bits per heavy atom. The van der Waals surface area contributed by atoms with E-state index in [-0.39, 0.29) is 18.4 Å². The van der Waals surface area contributed by atoms with Crippen LogP contribution in [0.1, 0.15) is 12.8 Å². The lowest BCUT2D eigenvalue weighted by molar-refractivity contribution is -0.145. The Hall–Kier alpha value is -2.31. The first-order chi connectivity index (χ1) is 10.9. The van der Waals surface area contributed by atoms with Crippen molar-refractivity contribution in [3.8, 4) is 5.75 Å². The van der Waals surface area contributed by atoms with Gasteiger partial charge >= 0.3 is 5.97 Å². The Bertz CT molecular complexity index is 585. The minimum Gasteiger partial charge on any atom is -0.494 e. The fourth-order valence-corrected chi connectivity index (χ4v) is 2.73. The Morgan fingerprint density at radius 1 is 1.39 bits per heavy atom. The van der Waals surface area contributed by atoms with Crippen molar-refractivity contribution < 1.29 is 23.8 Å². The number of aliphatic carboxylic acids is 1. The monoisotopic (exact) mass is 324 g/mol. The van der Waals surface area contributed by atoms with Crippen molar-refractivity contribution in [2.24, 2.45) is 5.92 Å². The number of likely N-dealkylation sites (N-methyl/N-ethyl adjacent to an activating group) is 1. The van der Waals surface area contributed by atoms with E-state index in [1.807, 2.05) is 0 Å². The van der Waals surface area contributed by atoms with E-state index >= 15 is 0 Å². The molecule has 1 aliphatic heterocycles. The SMILES string of the molecule is COc1cc(F)ccc1N(C)CC(=O)N1CCC(C(=O)O)CC1. The highest BCUT2D eigenvalue weighted by Gasteiger charge is 2.27. The number of halogens is 1. The van der Waals surface area contributed by atoms with Gasteiger partial charge in [-0.15, -0.1) is 0 Å². The Morgan fingerprint density at radius 3 is 2.61 bits per heavy atom. The molecule has 0 unspecified atom stereocenters. The van der Waals surface area contributed by atoms with E-state index in [1.54, 1.807) is 22.9 Å². The van der Waals surface area contributed by atoms with Gasteiger partial charge in [-0.1, -0.05) is 0 Å². The summed E-state index contributed by atoms with van der Waals surface area (Å²) in [5, 5.41) is 8.98. The van der Waals surface area contributed by atoms with E-state index in [4.69, 9.17) is 9.84 Å². The lowest BCUT2D eigenvalue weighted by Gasteiger charge is -2.32. The fraction of sp³-hybridized carbons (Fsp3) is 0.500. The summed E-state index contributed by atoms with van der Waals surface area (Å²) in [5.41, 5.74) is 0.627. The molecule has 0 aromatic heterocycles. The number of methoxy groups -OCH3 is 1. The summed E-state index contributed by atoms with van der Waals surface area (Å²) in [6, 6.07) is 4.16. The Kier molecular flexibility index (Phi) is 5.41. The Balaban J connectivity index is 1.97. The number of amides is 1. The number of carbonyl (C=O) groups excluding carboxylic acids is 1. The quantitative estimate of drug-likeness (QED) is 0.891. The van der Waals surface area contributed by atoms with E-state index in [9.17, 15) is 14.0 Å². The molecule has 7 heteroatoms. The molecule has 126 valence electrons. The molecule has 0 atom stereocenters. The maximum atomic E-state index is 13.2. The van der Waals surface area contributed by atoms with Crippen LogP contribution >= 0.6 is 0 Å². The third-order valence-electron chi connectivity index (χ3n) is 4.12. The highest BCUT2D eigenvalue weighted by Crippen LogP contribution is 2.28. The number of nitrogens with zero attached hydrogens (tertiary/aromatic N) is 2. The van der Waals surface area contributed by atoms with Crippen molar-refractivity contribution in [1.29, 1.82) is 0 Å². The summed E-state index contributed by atoms with van der Waals surface area (Å²) in [7, 11) is 3.18. The molecule has 1 aliphatic rings. The standard InChI is InChI=1S/C16H21FN2O4/c1-18(13-4-3-12(17)9-14(13)23-2)10-15(20)19-7-5-11(6-8-19)16(21)22/h3-4,9,11H,5-8,10H2,1-2H3,(H,21,22). The molecule has 1 N–H and O–H groups in total. The van der Waals surface area contributed by atoms with Crippen LogP contribution in [0.15, 0.2) is 18.2 Å². The van der Waals surface area contributed by atoms with Crippen LogP contribution in [0.3, 0.4) is 0 Å². The van der Waals surface area contributed by atoms with Crippen molar-refractivity contribution >= 4 is 17.6 Å². The van der Waals surface area contributed by atoms with E-state index in [1.165, 1.54) is 19.2 Å². The first kappa shape index (κ1) is 17.1. The van der Waals surface area contributed by atoms with Crippen LogP contribution in [0.2, 0.25) is 0 Å². The fourth-order valence-electron chi connectivity index (χ4n) is 2.73. The zero-order valence-corrected chi connectivity index (χ0v) is 13.3. The number of piperidine rings is 1. The molecule has 23 heavy (non-hydrogen) atoms. The second-order valence-electron chi connectivity index (χ2n) is 5.67. The highest BCUT2D eigenvalue weighted by atomic mass is 19.1. The van der Waals surface area contributed by atoms with Gasteiger partial charge in [-0.3, -0.25) is 9.59 Å². The normalized spacial score (nSPS) is 15.3. The summed E-state index contributed by atoms with van der Waals surface area (Å²) in [6.45, 7) is 1.02. The molecule has 1 amide bonds. The number of carboxylic acids is 1. The maximum absolute atomic E-state index is 13.2. The summed E-state index contributed by atoms with van der Waals surface area (Å²) >= 11 is 0. The molecule has 1 aromatic carbocycles. The lowest BCUT2D eigenvalue weighted by Crippen LogP contribution is -2.44. The molecule has 1 heterocycles. The third kappa shape index (κ3) is 4.12. The van der Waals surface area contributed by atoms with Gasteiger partial charge in [0.25, 0.3) is 0 Å². The van der Waals surface area contributed by atoms with Crippen LogP contribution < -0.4 is 9.64 Å². The molecule has 1 fully saturated rings. The minimum atomic E-state index is -0.801. The second-order valence-corrected chi connectivity index (χ2v) is 5.67. The number of likely N-dealkylation sites (tertiary alicyclic amines) is 1. The van der Waals surface area contributed by atoms with Gasteiger partial charge in [0.1, 0.15) is 11.6 Å². The average molecular weight is 324 g/mol. The average Bonchev–Trinajstić information content (AvgIpc) is 2.54. The van der Waals surface area contributed by atoms with Crippen LogP contribution in [0.5, 0.6) is 5.75 Å². The number of rotatable bonds is 5. The number of hydrogen-bond donors (Lipinski definition) is 1. The highest BCUT2D eigenvalue weighted by molar-refractivity contribution is 5.82. The van der Waals surface area contributed by atoms with Gasteiger partial charge in [0, 0.05) is 26.2 Å². The molecule has 0 aliphatic carbocycles. The van der Waals surface area contributed by atoms with Crippen LogP contribution in [0.4, 0.5) is 10.1 Å². The van der Waals surface area contributed by atoms with E-state index in [0.29, 0.717) is 37.4 Å². The zero-order chi connectivity index (χ0) is 17.0. The van der Waals surface area contributed by atoms with Crippen molar-refractivity contribution in [3.05, 3.63) is 24.0 Å². The summed E-state index contributed by atoms with van der Waals surface area (Å²) in [5.74, 6) is -1.28. The lowest BCUT2D eigenvalue weighted by atomic mass is 9.97. The summed E-state index contributed by atoms with van der Waals surface area (Å²) in [6.07, 6.45) is 0.954. The van der Waals surface area contributed by atoms with Gasteiger partial charge < -0.3 is 19.6 Å². The molecular weight excluding hydrogens is 303 g/mol. The molecule has 0 radical (unpaired) electrons. The topological polar surface area (TPSA) is 70.1 Å². The molecule has 1 saturated heterocycles. The smallest absolute Gasteiger partial charge is 0.306 e. The molecule has 1 aromatic rings. The number of carbonyl (C=O) groups is 2. The number of anilines is 1. The Labute approximate surface area is 134 Å². The second kappa shape index (κ2) is 7.30. The van der Waals surface area contributed by atoms with E-state index in [0.717, 1.165) is 0 Å². The molecule has 2 rings (SSSR count). The molecule has 0 saturated carbocycles.